The van der Waals surface area contributed by atoms with Crippen molar-refractivity contribution in [2.45, 2.75) is 26.3 Å². The van der Waals surface area contributed by atoms with Crippen molar-refractivity contribution in [2.24, 2.45) is 0 Å². The number of fused-ring (bicyclic) bond motifs is 1. The van der Waals surface area contributed by atoms with Crippen LogP contribution >= 0.6 is 0 Å². The van der Waals surface area contributed by atoms with Crippen molar-refractivity contribution < 1.29 is 8.76 Å². The van der Waals surface area contributed by atoms with Crippen molar-refractivity contribution in [3.63, 3.8) is 0 Å². The zero-order chi connectivity index (χ0) is 22.0. The van der Waals surface area contributed by atoms with E-state index in [-0.39, 0.29) is 18.1 Å². The molecule has 0 bridgehead atoms. The summed E-state index contributed by atoms with van der Waals surface area (Å²) >= 11 is -2.30. The first-order valence-corrected chi connectivity index (χ1v) is 10.9. The van der Waals surface area contributed by atoms with E-state index in [4.69, 9.17) is 0 Å². The number of aromatic nitrogens is 5. The summed E-state index contributed by atoms with van der Waals surface area (Å²) in [6, 6.07) is 13.0. The molecule has 0 aliphatic heterocycles. The lowest BCUT2D eigenvalue weighted by Gasteiger charge is -2.12. The Hall–Kier alpha value is -3.21. The molecule has 0 saturated heterocycles. The lowest BCUT2D eigenvalue weighted by molar-refractivity contribution is 0.523. The average molecular weight is 438 g/mol. The van der Waals surface area contributed by atoms with Crippen molar-refractivity contribution in [3.05, 3.63) is 70.9 Å². The molecule has 0 amide bonds. The van der Waals surface area contributed by atoms with Crippen LogP contribution in [0.3, 0.4) is 0 Å². The second-order valence-corrected chi connectivity index (χ2v) is 8.09. The van der Waals surface area contributed by atoms with Gasteiger partial charge in [0.05, 0.1) is 0 Å². The predicted molar refractivity (Wildman–Crippen MR) is 117 cm³/mol. The van der Waals surface area contributed by atoms with E-state index in [1.807, 2.05) is 48.7 Å². The summed E-state index contributed by atoms with van der Waals surface area (Å²) < 4.78 is 27.0. The van der Waals surface area contributed by atoms with Crippen molar-refractivity contribution >= 4 is 22.0 Å². The fourth-order valence-electron chi connectivity index (χ4n) is 3.39. The van der Waals surface area contributed by atoms with Crippen molar-refractivity contribution in [1.82, 2.24) is 29.0 Å². The molecule has 0 aliphatic rings. The molecule has 0 saturated carbocycles. The Balaban J connectivity index is 1.73. The number of nitrogens with zero attached hydrogens (tertiary/aromatic N) is 5. The van der Waals surface area contributed by atoms with Gasteiger partial charge >= 0.3 is 0 Å². The summed E-state index contributed by atoms with van der Waals surface area (Å²) in [6.07, 6.45) is 3.85. The predicted octanol–water partition coefficient (Wildman–Crippen LogP) is 2.15. The van der Waals surface area contributed by atoms with Gasteiger partial charge in [0.15, 0.2) is 5.82 Å². The van der Waals surface area contributed by atoms with Crippen LogP contribution in [0.5, 0.6) is 0 Å². The molecule has 160 valence electrons. The van der Waals surface area contributed by atoms with Gasteiger partial charge in [0.25, 0.3) is 5.56 Å². The molecule has 1 aromatic carbocycles. The third kappa shape index (κ3) is 4.46. The highest BCUT2D eigenvalue weighted by molar-refractivity contribution is 7.77. The highest BCUT2D eigenvalue weighted by atomic mass is 32.2. The van der Waals surface area contributed by atoms with Gasteiger partial charge in [-0.2, -0.15) is 0 Å². The maximum Gasteiger partial charge on any atom is 0.264 e. The maximum absolute atomic E-state index is 13.2. The van der Waals surface area contributed by atoms with E-state index in [2.05, 4.69) is 19.9 Å². The largest absolute Gasteiger partial charge is 0.760 e. The third-order valence-electron chi connectivity index (χ3n) is 4.94. The van der Waals surface area contributed by atoms with Gasteiger partial charge in [-0.1, -0.05) is 18.2 Å². The zero-order valence-corrected chi connectivity index (χ0v) is 17.9. The molecule has 1 N–H and O–H groups in total. The average Bonchev–Trinajstić information content (AvgIpc) is 3.25. The molecule has 0 aliphatic carbocycles. The van der Waals surface area contributed by atoms with E-state index in [1.54, 1.807) is 24.7 Å². The van der Waals surface area contributed by atoms with Crippen LogP contribution in [-0.2, 0) is 17.7 Å². The van der Waals surface area contributed by atoms with Crippen LogP contribution in [0.1, 0.15) is 25.5 Å². The first-order chi connectivity index (χ1) is 14.9. The van der Waals surface area contributed by atoms with E-state index >= 15 is 0 Å². The van der Waals surface area contributed by atoms with Gasteiger partial charge in [-0.25, -0.2) is 9.71 Å². The van der Waals surface area contributed by atoms with Crippen molar-refractivity contribution in [1.29, 1.82) is 0 Å². The monoisotopic (exact) mass is 437 g/mol. The smallest absolute Gasteiger partial charge is 0.264 e. The first kappa shape index (κ1) is 21.0. The molecule has 31 heavy (non-hydrogen) atoms. The first-order valence-electron chi connectivity index (χ1n) is 9.78. The summed E-state index contributed by atoms with van der Waals surface area (Å²) in [5, 5.41) is 9.52. The van der Waals surface area contributed by atoms with Gasteiger partial charge in [-0.3, -0.25) is 13.6 Å². The van der Waals surface area contributed by atoms with Crippen LogP contribution in [0.15, 0.2) is 59.8 Å². The van der Waals surface area contributed by atoms with E-state index in [9.17, 15) is 13.6 Å². The van der Waals surface area contributed by atoms with Crippen LogP contribution in [0.4, 0.5) is 0 Å². The minimum atomic E-state index is -2.30. The Morgan fingerprint density at radius 3 is 2.81 bits per heavy atom. The molecule has 0 spiro atoms. The quantitative estimate of drug-likeness (QED) is 0.443. The zero-order valence-electron chi connectivity index (χ0n) is 17.1. The van der Waals surface area contributed by atoms with Crippen molar-refractivity contribution in [2.75, 3.05) is 6.54 Å². The second kappa shape index (κ2) is 8.88. The number of hydrogen-bond donors (Lipinski definition) is 1. The highest BCUT2D eigenvalue weighted by Crippen LogP contribution is 2.20. The Kier molecular flexibility index (Phi) is 6.03. The molecular weight excluding hydrogens is 416 g/mol. The molecule has 9 nitrogen and oxygen atoms in total. The third-order valence-corrected chi connectivity index (χ3v) is 5.38. The molecule has 1 atom stereocenters. The van der Waals surface area contributed by atoms with Gasteiger partial charge in [0.1, 0.15) is 17.8 Å². The van der Waals surface area contributed by atoms with E-state index in [1.165, 1.54) is 4.57 Å². The summed E-state index contributed by atoms with van der Waals surface area (Å²) in [6.45, 7) is 4.33. The highest BCUT2D eigenvalue weighted by Gasteiger charge is 2.13. The Morgan fingerprint density at radius 1 is 1.19 bits per heavy atom. The molecule has 3 aromatic heterocycles. The number of hydrogen-bond acceptors (Lipinski definition) is 6. The molecular formula is C21H21N6O3S-. The maximum atomic E-state index is 13.2. The number of pyridine rings is 2. The van der Waals surface area contributed by atoms with Gasteiger partial charge in [0, 0.05) is 35.4 Å². The molecule has 4 rings (SSSR count). The fourth-order valence-corrected chi connectivity index (χ4v) is 3.66. The van der Waals surface area contributed by atoms with Crippen LogP contribution in [0.2, 0.25) is 0 Å². The number of benzene rings is 1. The van der Waals surface area contributed by atoms with Gasteiger partial charge in [-0.15, -0.1) is 10.2 Å². The van der Waals surface area contributed by atoms with Crippen LogP contribution in [-0.4, -0.2) is 39.6 Å². The fraction of sp³-hybridized carbons (Fsp3) is 0.238. The summed E-state index contributed by atoms with van der Waals surface area (Å²) in [5.74, 6) is 1.12. The Bertz CT molecular complexity index is 1310. The Morgan fingerprint density at radius 2 is 2.03 bits per heavy atom. The van der Waals surface area contributed by atoms with Gasteiger partial charge < -0.3 is 9.12 Å². The summed E-state index contributed by atoms with van der Waals surface area (Å²) in [4.78, 5) is 17.9. The van der Waals surface area contributed by atoms with Crippen LogP contribution in [0.25, 0.3) is 28.1 Å². The molecule has 10 heteroatoms. The molecule has 3 heterocycles. The van der Waals surface area contributed by atoms with Gasteiger partial charge in [-0.05, 0) is 55.5 Å². The minimum Gasteiger partial charge on any atom is -0.760 e. The SMILES string of the molecule is CC(C)n1cnnc1-c1cccc(-n2ccc3ccc(CCNS(=O)[O-])cc3c2=O)n1. The summed E-state index contributed by atoms with van der Waals surface area (Å²) in [5.41, 5.74) is 1.29. The standard InChI is InChI=1S/C21H22N6O3S/c1-14(2)27-13-22-25-20(27)18-4-3-5-19(24-18)26-11-9-16-7-6-15(8-10-23-31(29)30)12-17(16)21(26)28/h3-7,9,11-14,23H,8,10H2,1-2H3,(H,29,30)/p-1. The molecule has 0 fully saturated rings. The van der Waals surface area contributed by atoms with Crippen LogP contribution in [0, 0.1) is 0 Å². The van der Waals surface area contributed by atoms with E-state index in [0.717, 1.165) is 10.9 Å². The van der Waals surface area contributed by atoms with Crippen molar-refractivity contribution in [3.8, 4) is 17.3 Å². The molecule has 1 unspecified atom stereocenters. The van der Waals surface area contributed by atoms with E-state index in [0.29, 0.717) is 29.1 Å². The van der Waals surface area contributed by atoms with Gasteiger partial charge in [0.2, 0.25) is 0 Å². The lowest BCUT2D eigenvalue weighted by atomic mass is 10.1. The second-order valence-electron chi connectivity index (χ2n) is 7.33. The molecule has 0 radical (unpaired) electrons. The normalized spacial score (nSPS) is 12.5. The topological polar surface area (TPSA) is 118 Å². The van der Waals surface area contributed by atoms with Crippen LogP contribution < -0.4 is 10.3 Å². The lowest BCUT2D eigenvalue weighted by Crippen LogP contribution is -2.20. The summed E-state index contributed by atoms with van der Waals surface area (Å²) in [7, 11) is 0. The number of rotatable bonds is 7. The minimum absolute atomic E-state index is 0.172. The number of nitrogens with one attached hydrogen (secondary N) is 1. The van der Waals surface area contributed by atoms with E-state index < -0.39 is 11.3 Å². The Labute approximate surface area is 181 Å². The molecule has 4 aromatic rings.